The third-order valence-electron chi connectivity index (χ3n) is 4.13. The minimum absolute atomic E-state index is 0.0725. The predicted molar refractivity (Wildman–Crippen MR) is 115 cm³/mol. The van der Waals surface area contributed by atoms with Crippen molar-refractivity contribution in [2.45, 2.75) is 11.1 Å². The Morgan fingerprint density at radius 2 is 1.38 bits per heavy atom. The largest absolute Gasteiger partial charge is 0.457 e. The van der Waals surface area contributed by atoms with Gasteiger partial charge in [0.15, 0.2) is 9.84 Å². The number of anilines is 2. The van der Waals surface area contributed by atoms with Gasteiger partial charge < -0.3 is 15.4 Å². The zero-order valence-corrected chi connectivity index (χ0v) is 18.0. The number of rotatable bonds is 5. The first-order valence-electron chi connectivity index (χ1n) is 8.94. The molecule has 3 aromatic carbocycles. The van der Waals surface area contributed by atoms with Crippen molar-refractivity contribution in [2.24, 2.45) is 0 Å². The highest BCUT2D eigenvalue weighted by Crippen LogP contribution is 2.36. The minimum atomic E-state index is -4.65. The van der Waals surface area contributed by atoms with Gasteiger partial charge in [-0.15, -0.1) is 0 Å². The quantitative estimate of drug-likeness (QED) is 0.451. The summed E-state index contributed by atoms with van der Waals surface area (Å²) in [6.45, 7) is 0. The molecular formula is C21H16ClF3N2O4S. The molecule has 0 unspecified atom stereocenters. The van der Waals surface area contributed by atoms with Crippen LogP contribution >= 0.6 is 11.6 Å². The third-order valence-corrected chi connectivity index (χ3v) is 5.59. The van der Waals surface area contributed by atoms with Crippen LogP contribution in [0.5, 0.6) is 11.5 Å². The molecule has 2 N–H and O–H groups in total. The van der Waals surface area contributed by atoms with Crippen LogP contribution in [0.3, 0.4) is 0 Å². The number of alkyl halides is 3. The van der Waals surface area contributed by atoms with Gasteiger partial charge in [-0.1, -0.05) is 11.6 Å². The Morgan fingerprint density at radius 1 is 0.875 bits per heavy atom. The zero-order valence-electron chi connectivity index (χ0n) is 16.4. The van der Waals surface area contributed by atoms with Crippen LogP contribution in [0, 0.1) is 0 Å². The molecule has 168 valence electrons. The molecule has 0 saturated heterocycles. The SMILES string of the molecule is CS(=O)(=O)c1ccc(Oc2ccc(NC(=O)Nc3ccc(Cl)c(C(F)(F)F)c3)cc2)cc1. The fraction of sp³-hybridized carbons (Fsp3) is 0.0952. The van der Waals surface area contributed by atoms with Gasteiger partial charge in [0.05, 0.1) is 15.5 Å². The predicted octanol–water partition coefficient (Wildman–Crippen LogP) is 6.20. The number of carbonyl (C=O) groups is 1. The van der Waals surface area contributed by atoms with E-state index in [1.54, 1.807) is 12.1 Å². The van der Waals surface area contributed by atoms with E-state index in [-0.39, 0.29) is 10.6 Å². The van der Waals surface area contributed by atoms with Gasteiger partial charge in [0.1, 0.15) is 11.5 Å². The van der Waals surface area contributed by atoms with E-state index < -0.39 is 32.6 Å². The number of carbonyl (C=O) groups excluding carboxylic acids is 1. The first kappa shape index (κ1) is 23.4. The average molecular weight is 485 g/mol. The second kappa shape index (κ2) is 9.09. The fourth-order valence-corrected chi connectivity index (χ4v) is 3.47. The van der Waals surface area contributed by atoms with Crippen molar-refractivity contribution in [1.29, 1.82) is 0 Å². The molecule has 11 heteroatoms. The van der Waals surface area contributed by atoms with Crippen LogP contribution in [0.25, 0.3) is 0 Å². The minimum Gasteiger partial charge on any atom is -0.457 e. The Bertz CT molecular complexity index is 1230. The molecule has 32 heavy (non-hydrogen) atoms. The molecule has 2 amide bonds. The maximum atomic E-state index is 12.9. The monoisotopic (exact) mass is 484 g/mol. The lowest BCUT2D eigenvalue weighted by atomic mass is 10.2. The summed E-state index contributed by atoms with van der Waals surface area (Å²) in [6, 6.07) is 14.4. The maximum Gasteiger partial charge on any atom is 0.417 e. The molecule has 0 bridgehead atoms. The van der Waals surface area contributed by atoms with Crippen LogP contribution < -0.4 is 15.4 Å². The Labute approximate surface area is 186 Å². The lowest BCUT2D eigenvalue weighted by molar-refractivity contribution is -0.137. The van der Waals surface area contributed by atoms with Gasteiger partial charge in [-0.3, -0.25) is 0 Å². The summed E-state index contributed by atoms with van der Waals surface area (Å²) < 4.78 is 67.4. The molecule has 6 nitrogen and oxygen atoms in total. The third kappa shape index (κ3) is 6.14. The second-order valence-electron chi connectivity index (χ2n) is 6.64. The number of hydrogen-bond donors (Lipinski definition) is 2. The van der Waals surface area contributed by atoms with Gasteiger partial charge in [0.2, 0.25) is 0 Å². The number of amides is 2. The number of nitrogens with one attached hydrogen (secondary N) is 2. The zero-order chi connectivity index (χ0) is 23.5. The van der Waals surface area contributed by atoms with Crippen LogP contribution in [-0.4, -0.2) is 20.7 Å². The summed E-state index contributed by atoms with van der Waals surface area (Å²) in [4.78, 5) is 12.3. The smallest absolute Gasteiger partial charge is 0.417 e. The molecule has 0 saturated carbocycles. The first-order valence-corrected chi connectivity index (χ1v) is 11.2. The molecule has 3 aromatic rings. The van der Waals surface area contributed by atoms with E-state index in [1.165, 1.54) is 42.5 Å². The van der Waals surface area contributed by atoms with Crippen molar-refractivity contribution < 1.29 is 31.1 Å². The molecular weight excluding hydrogens is 469 g/mol. The van der Waals surface area contributed by atoms with Gasteiger partial charge in [-0.2, -0.15) is 13.2 Å². The topological polar surface area (TPSA) is 84.5 Å². The van der Waals surface area contributed by atoms with Crippen molar-refractivity contribution in [2.75, 3.05) is 16.9 Å². The van der Waals surface area contributed by atoms with Crippen molar-refractivity contribution >= 4 is 38.8 Å². The van der Waals surface area contributed by atoms with Crippen LogP contribution in [0.15, 0.2) is 71.6 Å². The Hall–Kier alpha value is -3.24. The molecule has 0 aliphatic heterocycles. The first-order chi connectivity index (χ1) is 14.9. The molecule has 0 radical (unpaired) electrons. The van der Waals surface area contributed by atoms with E-state index in [2.05, 4.69) is 10.6 Å². The average Bonchev–Trinajstić information content (AvgIpc) is 2.70. The molecule has 0 aliphatic carbocycles. The van der Waals surface area contributed by atoms with Crippen LogP contribution in [0.4, 0.5) is 29.3 Å². The van der Waals surface area contributed by atoms with Crippen LogP contribution in [0.2, 0.25) is 5.02 Å². The van der Waals surface area contributed by atoms with Gasteiger partial charge >= 0.3 is 12.2 Å². The molecule has 3 rings (SSSR count). The number of benzene rings is 3. The molecule has 0 aromatic heterocycles. The van der Waals surface area contributed by atoms with Crippen molar-refractivity contribution in [3.63, 3.8) is 0 Å². The van der Waals surface area contributed by atoms with E-state index in [4.69, 9.17) is 16.3 Å². The lowest BCUT2D eigenvalue weighted by Crippen LogP contribution is -2.19. The summed E-state index contributed by atoms with van der Waals surface area (Å²) in [5, 5.41) is 4.34. The number of halogens is 4. The highest BCUT2D eigenvalue weighted by atomic mass is 35.5. The Morgan fingerprint density at radius 3 is 1.91 bits per heavy atom. The van der Waals surface area contributed by atoms with Crippen molar-refractivity contribution in [3.8, 4) is 11.5 Å². The maximum absolute atomic E-state index is 12.9. The van der Waals surface area contributed by atoms with E-state index in [0.29, 0.717) is 17.2 Å². The molecule has 0 heterocycles. The van der Waals surface area contributed by atoms with Crippen LogP contribution in [0.1, 0.15) is 5.56 Å². The molecule has 0 atom stereocenters. The summed E-state index contributed by atoms with van der Waals surface area (Å²) >= 11 is 5.56. The van der Waals surface area contributed by atoms with Gasteiger partial charge in [0, 0.05) is 17.6 Å². The second-order valence-corrected chi connectivity index (χ2v) is 9.06. The number of hydrogen-bond acceptors (Lipinski definition) is 4. The standard InChI is InChI=1S/C21H16ClF3N2O4S/c1-32(29,30)17-9-7-16(8-10-17)31-15-5-2-13(3-6-15)26-20(28)27-14-4-11-19(22)18(12-14)21(23,24)25/h2-12H,1H3,(H2,26,27,28). The normalized spacial score (nSPS) is 11.7. The summed E-state index contributed by atoms with van der Waals surface area (Å²) in [6.07, 6.45) is -3.54. The molecule has 0 spiro atoms. The Kier molecular flexibility index (Phi) is 6.65. The number of ether oxygens (including phenoxy) is 1. The molecule has 0 aliphatic rings. The summed E-state index contributed by atoms with van der Waals surface area (Å²) in [5.41, 5.74) is -0.757. The lowest BCUT2D eigenvalue weighted by Gasteiger charge is -2.12. The van der Waals surface area contributed by atoms with Crippen molar-refractivity contribution in [3.05, 3.63) is 77.3 Å². The van der Waals surface area contributed by atoms with Gasteiger partial charge in [0.25, 0.3) is 0 Å². The van der Waals surface area contributed by atoms with E-state index in [1.807, 2.05) is 0 Å². The van der Waals surface area contributed by atoms with Crippen LogP contribution in [-0.2, 0) is 16.0 Å². The van der Waals surface area contributed by atoms with E-state index in [9.17, 15) is 26.4 Å². The van der Waals surface area contributed by atoms with Gasteiger partial charge in [-0.25, -0.2) is 13.2 Å². The van der Waals surface area contributed by atoms with Gasteiger partial charge in [-0.05, 0) is 66.7 Å². The van der Waals surface area contributed by atoms with Crippen molar-refractivity contribution in [1.82, 2.24) is 0 Å². The fourth-order valence-electron chi connectivity index (χ4n) is 2.61. The number of sulfone groups is 1. The van der Waals surface area contributed by atoms with E-state index >= 15 is 0 Å². The van der Waals surface area contributed by atoms with E-state index in [0.717, 1.165) is 18.4 Å². The Balaban J connectivity index is 1.61. The number of urea groups is 1. The summed E-state index contributed by atoms with van der Waals surface area (Å²) in [7, 11) is -3.31. The summed E-state index contributed by atoms with van der Waals surface area (Å²) in [5.74, 6) is 0.842. The highest BCUT2D eigenvalue weighted by Gasteiger charge is 2.33. The highest BCUT2D eigenvalue weighted by molar-refractivity contribution is 7.90. The molecule has 0 fully saturated rings.